The molecular weight excluding hydrogens is 416 g/mol. The monoisotopic (exact) mass is 446 g/mol. The second-order valence-corrected chi connectivity index (χ2v) is 10.9. The first kappa shape index (κ1) is 21.4. The maximum Gasteiger partial charge on any atom is 0.218 e. The van der Waals surface area contributed by atoms with Crippen LogP contribution >= 0.6 is 0 Å². The zero-order chi connectivity index (χ0) is 22.0. The van der Waals surface area contributed by atoms with Crippen molar-refractivity contribution in [2.45, 2.75) is 30.7 Å². The molecule has 0 saturated carbocycles. The smallest absolute Gasteiger partial charge is 0.218 e. The summed E-state index contributed by atoms with van der Waals surface area (Å²) in [5, 5.41) is 0. The van der Waals surface area contributed by atoms with Crippen LogP contribution in [0.5, 0.6) is 0 Å². The van der Waals surface area contributed by atoms with Gasteiger partial charge >= 0.3 is 0 Å². The van der Waals surface area contributed by atoms with E-state index in [1.54, 1.807) is 4.31 Å². The molecule has 0 radical (unpaired) electrons. The molecule has 2 fully saturated rings. The van der Waals surface area contributed by atoms with Gasteiger partial charge in [-0.05, 0) is 42.0 Å². The molecule has 0 aromatic heterocycles. The molecule has 32 heavy (non-hydrogen) atoms. The van der Waals surface area contributed by atoms with E-state index in [1.807, 2.05) is 30.3 Å². The van der Waals surface area contributed by atoms with E-state index in [4.69, 9.17) is 0 Å². The standard InChI is InChI=1S/C27H30N2O2S/c30-32(31,21-22-10-4-1-5-11-22)28-18-16-23-17-19-29(26(23)20-28)27(24-12-6-2-7-13-24)25-14-8-3-9-15-25/h1-15,23,26-27H,16-21H2. The Morgan fingerprint density at radius 2 is 1.28 bits per heavy atom. The lowest BCUT2D eigenvalue weighted by molar-refractivity contribution is 0.127. The van der Waals surface area contributed by atoms with Gasteiger partial charge in [0.25, 0.3) is 0 Å². The molecule has 0 spiro atoms. The van der Waals surface area contributed by atoms with Crippen molar-refractivity contribution in [3.8, 4) is 0 Å². The summed E-state index contributed by atoms with van der Waals surface area (Å²) >= 11 is 0. The van der Waals surface area contributed by atoms with Crippen molar-refractivity contribution < 1.29 is 8.42 Å². The fraction of sp³-hybridized carbons (Fsp3) is 0.333. The summed E-state index contributed by atoms with van der Waals surface area (Å²) in [6, 6.07) is 31.1. The summed E-state index contributed by atoms with van der Waals surface area (Å²) in [6.45, 7) is 2.21. The highest BCUT2D eigenvalue weighted by atomic mass is 32.2. The van der Waals surface area contributed by atoms with Gasteiger partial charge in [0.15, 0.2) is 0 Å². The average Bonchev–Trinajstić information content (AvgIpc) is 3.24. The van der Waals surface area contributed by atoms with E-state index >= 15 is 0 Å². The van der Waals surface area contributed by atoms with Crippen LogP contribution in [0.3, 0.4) is 0 Å². The van der Waals surface area contributed by atoms with Gasteiger partial charge in [0, 0.05) is 19.1 Å². The number of rotatable bonds is 6. The Balaban J connectivity index is 1.42. The SMILES string of the molecule is O=S(=O)(Cc1ccccc1)N1CCC2CCN(C(c3ccccc3)c3ccccc3)C2C1. The predicted molar refractivity (Wildman–Crippen MR) is 129 cm³/mol. The molecule has 2 unspecified atom stereocenters. The molecule has 4 nitrogen and oxygen atoms in total. The van der Waals surface area contributed by atoms with Crippen molar-refractivity contribution in [3.63, 3.8) is 0 Å². The summed E-state index contributed by atoms with van der Waals surface area (Å²) in [4.78, 5) is 2.56. The molecule has 2 saturated heterocycles. The number of likely N-dealkylation sites (tertiary alicyclic amines) is 1. The summed E-state index contributed by atoms with van der Waals surface area (Å²) in [5.74, 6) is 0.625. The van der Waals surface area contributed by atoms with Crippen molar-refractivity contribution in [2.75, 3.05) is 19.6 Å². The van der Waals surface area contributed by atoms with E-state index in [1.165, 1.54) is 11.1 Å². The Hall–Kier alpha value is -2.47. The quantitative estimate of drug-likeness (QED) is 0.551. The van der Waals surface area contributed by atoms with Crippen LogP contribution in [0.2, 0.25) is 0 Å². The van der Waals surface area contributed by atoms with Gasteiger partial charge in [0.05, 0.1) is 11.8 Å². The molecular formula is C27H30N2O2S. The number of piperidine rings is 1. The van der Waals surface area contributed by atoms with E-state index in [0.29, 0.717) is 19.0 Å². The van der Waals surface area contributed by atoms with Gasteiger partial charge in [-0.25, -0.2) is 12.7 Å². The van der Waals surface area contributed by atoms with Gasteiger partial charge in [0.2, 0.25) is 10.0 Å². The number of sulfonamides is 1. The van der Waals surface area contributed by atoms with Crippen molar-refractivity contribution in [1.29, 1.82) is 0 Å². The van der Waals surface area contributed by atoms with Gasteiger partial charge in [-0.1, -0.05) is 91.0 Å². The Bertz CT molecular complexity index is 1080. The first-order valence-corrected chi connectivity index (χ1v) is 13.1. The summed E-state index contributed by atoms with van der Waals surface area (Å²) in [6.07, 6.45) is 2.07. The largest absolute Gasteiger partial charge is 0.288 e. The number of benzene rings is 3. The predicted octanol–water partition coefficient (Wildman–Crippen LogP) is 4.70. The minimum atomic E-state index is -3.35. The lowest BCUT2D eigenvalue weighted by Gasteiger charge is -2.41. The van der Waals surface area contributed by atoms with Crippen LogP contribution in [0.15, 0.2) is 91.0 Å². The molecule has 2 aliphatic heterocycles. The van der Waals surface area contributed by atoms with Crippen LogP contribution in [-0.2, 0) is 15.8 Å². The van der Waals surface area contributed by atoms with Crippen LogP contribution < -0.4 is 0 Å². The molecule has 0 N–H and O–H groups in total. The molecule has 2 heterocycles. The molecule has 0 bridgehead atoms. The van der Waals surface area contributed by atoms with Gasteiger partial charge in [0.1, 0.15) is 0 Å². The van der Waals surface area contributed by atoms with Gasteiger partial charge in [-0.2, -0.15) is 0 Å². The molecule has 0 amide bonds. The minimum Gasteiger partial charge on any atom is -0.288 e. The lowest BCUT2D eigenvalue weighted by Crippen LogP contribution is -2.51. The summed E-state index contributed by atoms with van der Waals surface area (Å²) in [5.41, 5.74) is 3.39. The highest BCUT2D eigenvalue weighted by Crippen LogP contribution is 2.40. The zero-order valence-electron chi connectivity index (χ0n) is 18.3. The van der Waals surface area contributed by atoms with Gasteiger partial charge in [-0.15, -0.1) is 0 Å². The van der Waals surface area contributed by atoms with Crippen molar-refractivity contribution in [1.82, 2.24) is 9.21 Å². The van der Waals surface area contributed by atoms with Crippen LogP contribution in [0.4, 0.5) is 0 Å². The van der Waals surface area contributed by atoms with E-state index in [2.05, 4.69) is 65.6 Å². The van der Waals surface area contributed by atoms with Crippen LogP contribution in [0, 0.1) is 5.92 Å². The van der Waals surface area contributed by atoms with E-state index < -0.39 is 10.0 Å². The average molecular weight is 447 g/mol. The normalized spacial score (nSPS) is 22.2. The van der Waals surface area contributed by atoms with Crippen LogP contribution in [-0.4, -0.2) is 43.3 Å². The Morgan fingerprint density at radius 1 is 0.750 bits per heavy atom. The Labute approximate surface area is 191 Å². The Morgan fingerprint density at radius 3 is 1.88 bits per heavy atom. The minimum absolute atomic E-state index is 0.0754. The van der Waals surface area contributed by atoms with E-state index in [9.17, 15) is 8.42 Å². The highest BCUT2D eigenvalue weighted by molar-refractivity contribution is 7.88. The van der Waals surface area contributed by atoms with Crippen molar-refractivity contribution >= 4 is 10.0 Å². The molecule has 0 aliphatic carbocycles. The number of hydrogen-bond acceptors (Lipinski definition) is 3. The fourth-order valence-electron chi connectivity index (χ4n) is 5.44. The van der Waals surface area contributed by atoms with E-state index in [-0.39, 0.29) is 17.8 Å². The molecule has 2 aliphatic rings. The summed E-state index contributed by atoms with van der Waals surface area (Å²) in [7, 11) is -3.35. The molecule has 2 atom stereocenters. The molecule has 166 valence electrons. The molecule has 3 aromatic carbocycles. The molecule has 5 rings (SSSR count). The Kier molecular flexibility index (Phi) is 6.13. The third-order valence-electron chi connectivity index (χ3n) is 7.02. The third-order valence-corrected chi connectivity index (χ3v) is 8.83. The maximum atomic E-state index is 13.3. The lowest BCUT2D eigenvalue weighted by atomic mass is 9.91. The van der Waals surface area contributed by atoms with Crippen LogP contribution in [0.25, 0.3) is 0 Å². The van der Waals surface area contributed by atoms with Gasteiger partial charge < -0.3 is 0 Å². The maximum absolute atomic E-state index is 13.3. The first-order chi connectivity index (χ1) is 15.6. The summed E-state index contributed by atoms with van der Waals surface area (Å²) < 4.78 is 28.3. The first-order valence-electron chi connectivity index (χ1n) is 11.5. The highest BCUT2D eigenvalue weighted by Gasteiger charge is 2.44. The number of nitrogens with zero attached hydrogens (tertiary/aromatic N) is 2. The van der Waals surface area contributed by atoms with Crippen molar-refractivity contribution in [3.05, 3.63) is 108 Å². The second kappa shape index (κ2) is 9.18. The van der Waals surface area contributed by atoms with Crippen LogP contribution in [0.1, 0.15) is 35.6 Å². The topological polar surface area (TPSA) is 40.6 Å². The number of fused-ring (bicyclic) bond motifs is 1. The van der Waals surface area contributed by atoms with Crippen molar-refractivity contribution in [2.24, 2.45) is 5.92 Å². The molecule has 3 aromatic rings. The number of hydrogen-bond donors (Lipinski definition) is 0. The fourth-order valence-corrected chi connectivity index (χ4v) is 7.00. The molecule has 5 heteroatoms. The third kappa shape index (κ3) is 4.38. The second-order valence-electron chi connectivity index (χ2n) is 8.97. The van der Waals surface area contributed by atoms with E-state index in [0.717, 1.165) is 24.9 Å². The zero-order valence-corrected chi connectivity index (χ0v) is 19.1. The van der Waals surface area contributed by atoms with Gasteiger partial charge in [-0.3, -0.25) is 4.90 Å².